The Hall–Kier alpha value is -1.81. The second-order valence-corrected chi connectivity index (χ2v) is 3.74. The summed E-state index contributed by atoms with van der Waals surface area (Å²) in [5, 5.41) is 2.63. The van der Waals surface area contributed by atoms with Gasteiger partial charge in [-0.05, 0) is 24.6 Å². The van der Waals surface area contributed by atoms with Crippen LogP contribution in [-0.2, 0) is 4.79 Å². The summed E-state index contributed by atoms with van der Waals surface area (Å²) in [6.07, 6.45) is 1.62. The molecule has 0 heterocycles. The van der Waals surface area contributed by atoms with Gasteiger partial charge < -0.3 is 15.8 Å². The number of nitrogens with one attached hydrogen (secondary N) is 1. The van der Waals surface area contributed by atoms with Crippen LogP contribution in [-0.4, -0.2) is 19.1 Å². The number of amides is 1. The van der Waals surface area contributed by atoms with Crippen molar-refractivity contribution in [2.75, 3.05) is 13.2 Å². The third-order valence-electron chi connectivity index (χ3n) is 2.20. The molecule has 3 N–H and O–H groups in total. The number of hydrogen-bond donors (Lipinski definition) is 2. The van der Waals surface area contributed by atoms with Crippen molar-refractivity contribution in [3.63, 3.8) is 0 Å². The molecule has 1 atom stereocenters. The molecule has 92 valence electrons. The predicted molar refractivity (Wildman–Crippen MR) is 67.7 cm³/mol. The van der Waals surface area contributed by atoms with Gasteiger partial charge in [-0.1, -0.05) is 18.2 Å². The first-order chi connectivity index (χ1) is 8.13. The van der Waals surface area contributed by atoms with E-state index in [4.69, 9.17) is 10.5 Å². The van der Waals surface area contributed by atoms with Crippen molar-refractivity contribution in [1.29, 1.82) is 0 Å². The molecular formula is C13H18N2O2. The van der Waals surface area contributed by atoms with E-state index in [1.54, 1.807) is 12.1 Å². The fourth-order valence-electron chi connectivity index (χ4n) is 1.27. The molecule has 0 aliphatic heterocycles. The first kappa shape index (κ1) is 13.3. The minimum absolute atomic E-state index is 0.00372. The maximum atomic E-state index is 11.3. The van der Waals surface area contributed by atoms with Gasteiger partial charge in [-0.15, -0.1) is 6.58 Å². The van der Waals surface area contributed by atoms with Gasteiger partial charge in [0.15, 0.2) is 6.61 Å². The van der Waals surface area contributed by atoms with Crippen molar-refractivity contribution in [2.24, 2.45) is 5.73 Å². The van der Waals surface area contributed by atoms with E-state index in [0.717, 1.165) is 5.56 Å². The summed E-state index contributed by atoms with van der Waals surface area (Å²) in [6.45, 7) is 5.85. The lowest BCUT2D eigenvalue weighted by Gasteiger charge is -2.09. The zero-order chi connectivity index (χ0) is 12.7. The fourth-order valence-corrected chi connectivity index (χ4v) is 1.27. The number of benzene rings is 1. The van der Waals surface area contributed by atoms with Crippen molar-refractivity contribution >= 4 is 5.91 Å². The van der Waals surface area contributed by atoms with Crippen LogP contribution in [0.1, 0.15) is 18.5 Å². The van der Waals surface area contributed by atoms with Crippen LogP contribution in [0.3, 0.4) is 0 Å². The summed E-state index contributed by atoms with van der Waals surface area (Å²) >= 11 is 0. The average Bonchev–Trinajstić information content (AvgIpc) is 2.34. The zero-order valence-corrected chi connectivity index (χ0v) is 9.98. The highest BCUT2D eigenvalue weighted by molar-refractivity contribution is 5.77. The molecule has 0 spiro atoms. The van der Waals surface area contributed by atoms with Crippen LogP contribution >= 0.6 is 0 Å². The molecule has 0 radical (unpaired) electrons. The second kappa shape index (κ2) is 6.70. The van der Waals surface area contributed by atoms with Crippen LogP contribution in [0.25, 0.3) is 0 Å². The van der Waals surface area contributed by atoms with Gasteiger partial charge in [0.2, 0.25) is 0 Å². The minimum atomic E-state index is -0.170. The normalized spacial score (nSPS) is 11.6. The molecule has 0 aliphatic rings. The molecule has 0 fully saturated rings. The molecule has 0 aromatic heterocycles. The Morgan fingerprint density at radius 1 is 1.65 bits per heavy atom. The SMILES string of the molecule is C=CCNC(=O)COc1cccc([C@@H](C)N)c1. The first-order valence-corrected chi connectivity index (χ1v) is 5.49. The molecule has 4 nitrogen and oxygen atoms in total. The van der Waals surface area contributed by atoms with Gasteiger partial charge in [0.1, 0.15) is 5.75 Å². The number of carbonyl (C=O) groups excluding carboxylic acids is 1. The number of carbonyl (C=O) groups is 1. The summed E-state index contributed by atoms with van der Waals surface area (Å²) in [7, 11) is 0. The first-order valence-electron chi connectivity index (χ1n) is 5.49. The van der Waals surface area contributed by atoms with Crippen LogP contribution in [0.15, 0.2) is 36.9 Å². The monoisotopic (exact) mass is 234 g/mol. The summed E-state index contributed by atoms with van der Waals surface area (Å²) in [4.78, 5) is 11.3. The van der Waals surface area contributed by atoms with Gasteiger partial charge in [-0.2, -0.15) is 0 Å². The molecule has 0 bridgehead atoms. The smallest absolute Gasteiger partial charge is 0.258 e. The highest BCUT2D eigenvalue weighted by Gasteiger charge is 2.03. The number of nitrogens with two attached hydrogens (primary N) is 1. The topological polar surface area (TPSA) is 64.3 Å². The molecule has 17 heavy (non-hydrogen) atoms. The van der Waals surface area contributed by atoms with Crippen LogP contribution in [0.4, 0.5) is 0 Å². The molecular weight excluding hydrogens is 216 g/mol. The number of ether oxygens (including phenoxy) is 1. The molecule has 0 aliphatic carbocycles. The third-order valence-corrected chi connectivity index (χ3v) is 2.20. The standard InChI is InChI=1S/C13H18N2O2/c1-3-7-15-13(16)9-17-12-6-4-5-11(8-12)10(2)14/h3-6,8,10H,1,7,9,14H2,2H3,(H,15,16)/t10-/m1/s1. The lowest BCUT2D eigenvalue weighted by atomic mass is 10.1. The summed E-state index contributed by atoms with van der Waals surface area (Å²) < 4.78 is 5.35. The second-order valence-electron chi connectivity index (χ2n) is 3.74. The van der Waals surface area contributed by atoms with E-state index in [-0.39, 0.29) is 18.6 Å². The Bertz CT molecular complexity index is 389. The van der Waals surface area contributed by atoms with E-state index in [0.29, 0.717) is 12.3 Å². The Balaban J connectivity index is 2.48. The third kappa shape index (κ3) is 4.70. The van der Waals surface area contributed by atoms with Gasteiger partial charge in [0, 0.05) is 12.6 Å². The molecule has 0 unspecified atom stereocenters. The van der Waals surface area contributed by atoms with Gasteiger partial charge in [-0.25, -0.2) is 0 Å². The van der Waals surface area contributed by atoms with E-state index < -0.39 is 0 Å². The molecule has 4 heteroatoms. The lowest BCUT2D eigenvalue weighted by Crippen LogP contribution is -2.28. The van der Waals surface area contributed by atoms with E-state index in [2.05, 4.69) is 11.9 Å². The van der Waals surface area contributed by atoms with Crippen molar-refractivity contribution in [2.45, 2.75) is 13.0 Å². The summed E-state index contributed by atoms with van der Waals surface area (Å²) in [5.41, 5.74) is 6.74. The van der Waals surface area contributed by atoms with Gasteiger partial charge in [0.25, 0.3) is 5.91 Å². The van der Waals surface area contributed by atoms with Crippen molar-refractivity contribution in [3.8, 4) is 5.75 Å². The Morgan fingerprint density at radius 2 is 2.41 bits per heavy atom. The largest absolute Gasteiger partial charge is 0.484 e. The lowest BCUT2D eigenvalue weighted by molar-refractivity contribution is -0.122. The Kier molecular flexibility index (Phi) is 5.23. The van der Waals surface area contributed by atoms with E-state index in [9.17, 15) is 4.79 Å². The van der Waals surface area contributed by atoms with Gasteiger partial charge in [0.05, 0.1) is 0 Å². The molecule has 0 saturated carbocycles. The highest BCUT2D eigenvalue weighted by Crippen LogP contribution is 2.17. The number of rotatable bonds is 6. The minimum Gasteiger partial charge on any atom is -0.484 e. The molecule has 1 rings (SSSR count). The zero-order valence-electron chi connectivity index (χ0n) is 9.98. The maximum Gasteiger partial charge on any atom is 0.258 e. The quantitative estimate of drug-likeness (QED) is 0.731. The fraction of sp³-hybridized carbons (Fsp3) is 0.308. The summed E-state index contributed by atoms with van der Waals surface area (Å²) in [5.74, 6) is 0.477. The van der Waals surface area contributed by atoms with Crippen molar-refractivity contribution < 1.29 is 9.53 Å². The van der Waals surface area contributed by atoms with Gasteiger partial charge >= 0.3 is 0 Å². The van der Waals surface area contributed by atoms with E-state index in [1.807, 2.05) is 25.1 Å². The molecule has 0 saturated heterocycles. The maximum absolute atomic E-state index is 11.3. The van der Waals surface area contributed by atoms with E-state index >= 15 is 0 Å². The van der Waals surface area contributed by atoms with Crippen molar-refractivity contribution in [3.05, 3.63) is 42.5 Å². The molecule has 1 aromatic carbocycles. The summed E-state index contributed by atoms with van der Waals surface area (Å²) in [6, 6.07) is 7.37. The van der Waals surface area contributed by atoms with Crippen molar-refractivity contribution in [1.82, 2.24) is 5.32 Å². The van der Waals surface area contributed by atoms with Crippen LogP contribution < -0.4 is 15.8 Å². The highest BCUT2D eigenvalue weighted by atomic mass is 16.5. The predicted octanol–water partition coefficient (Wildman–Crippen LogP) is 1.39. The van der Waals surface area contributed by atoms with Crippen LogP contribution in [0.5, 0.6) is 5.75 Å². The number of hydrogen-bond acceptors (Lipinski definition) is 3. The van der Waals surface area contributed by atoms with E-state index in [1.165, 1.54) is 0 Å². The van der Waals surface area contributed by atoms with Crippen LogP contribution in [0, 0.1) is 0 Å². The average molecular weight is 234 g/mol. The Labute approximate surface area is 101 Å². The molecule has 1 aromatic rings. The molecule has 1 amide bonds. The Morgan fingerprint density at radius 3 is 3.06 bits per heavy atom. The van der Waals surface area contributed by atoms with Gasteiger partial charge in [-0.3, -0.25) is 4.79 Å². The van der Waals surface area contributed by atoms with Crippen LogP contribution in [0.2, 0.25) is 0 Å².